The number of aliphatic hydroxyl groups is 1. The molecule has 0 bridgehead atoms. The summed E-state index contributed by atoms with van der Waals surface area (Å²) in [6, 6.07) is 12.0. The van der Waals surface area contributed by atoms with Gasteiger partial charge in [0.05, 0.1) is 16.7 Å². The van der Waals surface area contributed by atoms with Crippen LogP contribution in [0.4, 0.5) is 23.8 Å². The van der Waals surface area contributed by atoms with E-state index < -0.39 is 23.4 Å². The van der Waals surface area contributed by atoms with Crippen LogP contribution in [0.15, 0.2) is 48.5 Å². The minimum Gasteiger partial charge on any atom is -0.385 e. The third-order valence-corrected chi connectivity index (χ3v) is 5.31. The first-order chi connectivity index (χ1) is 13.8. The van der Waals surface area contributed by atoms with Crippen LogP contribution in [-0.4, -0.2) is 39.3 Å². The van der Waals surface area contributed by atoms with Crippen molar-refractivity contribution in [1.29, 1.82) is 0 Å². The molecule has 1 aliphatic rings. The molecule has 2 amide bonds. The fraction of sp³-hybridized carbons (Fsp3) is 0.300. The molecule has 0 spiro atoms. The third kappa shape index (κ3) is 3.65. The first kappa shape index (κ1) is 19.3. The number of carbonyl (C=O) groups is 1. The molecule has 1 fully saturated rings. The molecule has 2 aromatic carbocycles. The number of anilines is 1. The van der Waals surface area contributed by atoms with Crippen molar-refractivity contribution in [2.75, 3.05) is 18.4 Å². The second-order valence-corrected chi connectivity index (χ2v) is 7.11. The molecule has 152 valence electrons. The quantitative estimate of drug-likeness (QED) is 0.602. The van der Waals surface area contributed by atoms with Gasteiger partial charge < -0.3 is 10.0 Å². The highest BCUT2D eigenvalue weighted by Gasteiger charge is 2.42. The predicted octanol–water partition coefficient (Wildman–Crippen LogP) is 4.10. The summed E-state index contributed by atoms with van der Waals surface area (Å²) in [6.07, 6.45) is -4.54. The number of aromatic nitrogens is 2. The number of rotatable bonds is 2. The van der Waals surface area contributed by atoms with Crippen LogP contribution in [-0.2, 0) is 11.8 Å². The van der Waals surface area contributed by atoms with E-state index in [1.165, 1.54) is 23.1 Å². The first-order valence-corrected chi connectivity index (χ1v) is 9.16. The van der Waals surface area contributed by atoms with Crippen LogP contribution in [0, 0.1) is 0 Å². The summed E-state index contributed by atoms with van der Waals surface area (Å²) in [5, 5.41) is 21.3. The zero-order valence-electron chi connectivity index (χ0n) is 15.3. The molecule has 3 aromatic rings. The van der Waals surface area contributed by atoms with Crippen LogP contribution in [0.25, 0.3) is 10.9 Å². The van der Waals surface area contributed by atoms with E-state index in [9.17, 15) is 23.1 Å². The Morgan fingerprint density at radius 3 is 2.48 bits per heavy atom. The standard InChI is InChI=1S/C20H19F3N4O2/c21-20(22,23)15-7-3-2-6-14(15)19(29)9-11-27(12-10-19)18(28)24-17-13-5-1-4-8-16(13)25-26-17/h1-8,29H,9-12H2,(H2,24,25,26,28). The second kappa shape index (κ2) is 7.07. The molecule has 9 heteroatoms. The van der Waals surface area contributed by atoms with Gasteiger partial charge in [0.15, 0.2) is 5.82 Å². The Kier molecular flexibility index (Phi) is 4.70. The van der Waals surface area contributed by atoms with Gasteiger partial charge in [0.25, 0.3) is 0 Å². The number of nitrogens with zero attached hydrogens (tertiary/aromatic N) is 2. The second-order valence-electron chi connectivity index (χ2n) is 7.11. The van der Waals surface area contributed by atoms with Gasteiger partial charge in [-0.3, -0.25) is 10.4 Å². The highest BCUT2D eigenvalue weighted by atomic mass is 19.4. The highest BCUT2D eigenvalue weighted by molar-refractivity contribution is 5.98. The van der Waals surface area contributed by atoms with Crippen molar-refractivity contribution < 1.29 is 23.1 Å². The van der Waals surface area contributed by atoms with E-state index in [1.807, 2.05) is 24.3 Å². The van der Waals surface area contributed by atoms with Gasteiger partial charge in [-0.1, -0.05) is 30.3 Å². The minimum atomic E-state index is -4.55. The van der Waals surface area contributed by atoms with Crippen molar-refractivity contribution in [3.8, 4) is 0 Å². The predicted molar refractivity (Wildman–Crippen MR) is 101 cm³/mol. The van der Waals surface area contributed by atoms with Crippen molar-refractivity contribution in [3.05, 3.63) is 59.7 Å². The number of carbonyl (C=O) groups excluding carboxylic acids is 1. The van der Waals surface area contributed by atoms with E-state index in [2.05, 4.69) is 15.5 Å². The summed E-state index contributed by atoms with van der Waals surface area (Å²) in [5.74, 6) is 0.383. The Morgan fingerprint density at radius 2 is 1.76 bits per heavy atom. The summed E-state index contributed by atoms with van der Waals surface area (Å²) < 4.78 is 40.0. The number of H-pyrrole nitrogens is 1. The number of halogens is 3. The van der Waals surface area contributed by atoms with Crippen LogP contribution in [0.3, 0.4) is 0 Å². The van der Waals surface area contributed by atoms with Crippen molar-refractivity contribution in [2.24, 2.45) is 0 Å². The van der Waals surface area contributed by atoms with Crippen molar-refractivity contribution in [1.82, 2.24) is 15.1 Å². The number of likely N-dealkylation sites (tertiary alicyclic amines) is 1. The van der Waals surface area contributed by atoms with Crippen molar-refractivity contribution in [3.63, 3.8) is 0 Å². The van der Waals surface area contributed by atoms with Crippen LogP contribution < -0.4 is 5.32 Å². The Balaban J connectivity index is 1.47. The number of aromatic amines is 1. The maximum atomic E-state index is 13.3. The molecule has 1 aromatic heterocycles. The van der Waals surface area contributed by atoms with Gasteiger partial charge in [-0.05, 0) is 36.6 Å². The number of amides is 2. The normalized spacial score (nSPS) is 16.8. The molecule has 6 nitrogen and oxygen atoms in total. The lowest BCUT2D eigenvalue weighted by molar-refractivity contribution is -0.141. The Labute approximate surface area is 164 Å². The number of piperidine rings is 1. The fourth-order valence-corrected chi connectivity index (χ4v) is 3.72. The monoisotopic (exact) mass is 404 g/mol. The summed E-state index contributed by atoms with van der Waals surface area (Å²) >= 11 is 0. The third-order valence-electron chi connectivity index (χ3n) is 5.31. The number of hydrogen-bond donors (Lipinski definition) is 3. The summed E-state index contributed by atoms with van der Waals surface area (Å²) in [7, 11) is 0. The lowest BCUT2D eigenvalue weighted by atomic mass is 9.82. The van der Waals surface area contributed by atoms with Gasteiger partial charge in [-0.25, -0.2) is 4.79 Å². The lowest BCUT2D eigenvalue weighted by Gasteiger charge is -2.39. The number of alkyl halides is 3. The van der Waals surface area contributed by atoms with Gasteiger partial charge in [-0.2, -0.15) is 18.3 Å². The molecular weight excluding hydrogens is 385 g/mol. The number of benzene rings is 2. The van der Waals surface area contributed by atoms with E-state index in [0.717, 1.165) is 17.0 Å². The van der Waals surface area contributed by atoms with Gasteiger partial charge in [0.1, 0.15) is 0 Å². The SMILES string of the molecule is O=C(Nc1n[nH]c2ccccc12)N1CCC(O)(c2ccccc2C(F)(F)F)CC1. The summed E-state index contributed by atoms with van der Waals surface area (Å²) in [5.41, 5.74) is -1.85. The fourth-order valence-electron chi connectivity index (χ4n) is 3.72. The largest absolute Gasteiger partial charge is 0.416 e. The van der Waals surface area contributed by atoms with E-state index in [0.29, 0.717) is 5.82 Å². The molecule has 2 heterocycles. The molecule has 3 N–H and O–H groups in total. The Bertz CT molecular complexity index is 1040. The highest BCUT2D eigenvalue weighted by Crippen LogP contribution is 2.41. The zero-order chi connectivity index (χ0) is 20.6. The van der Waals surface area contributed by atoms with Gasteiger partial charge in [-0.15, -0.1) is 0 Å². The van der Waals surface area contributed by atoms with Gasteiger partial charge in [0.2, 0.25) is 0 Å². The van der Waals surface area contributed by atoms with Crippen molar-refractivity contribution >= 4 is 22.8 Å². The smallest absolute Gasteiger partial charge is 0.385 e. The maximum Gasteiger partial charge on any atom is 0.416 e. The molecule has 0 radical (unpaired) electrons. The van der Waals surface area contributed by atoms with Gasteiger partial charge in [0, 0.05) is 18.5 Å². The van der Waals surface area contributed by atoms with Gasteiger partial charge >= 0.3 is 12.2 Å². The first-order valence-electron chi connectivity index (χ1n) is 9.16. The van der Waals surface area contributed by atoms with Crippen LogP contribution in [0.1, 0.15) is 24.0 Å². The number of hydrogen-bond acceptors (Lipinski definition) is 3. The molecule has 0 saturated carbocycles. The molecule has 1 aliphatic heterocycles. The maximum absolute atomic E-state index is 13.3. The molecule has 0 unspecified atom stereocenters. The molecule has 1 saturated heterocycles. The van der Waals surface area contributed by atoms with Crippen LogP contribution in [0.2, 0.25) is 0 Å². The molecular formula is C20H19F3N4O2. The molecule has 0 aliphatic carbocycles. The number of urea groups is 1. The van der Waals surface area contributed by atoms with E-state index in [-0.39, 0.29) is 31.5 Å². The average Bonchev–Trinajstić information content (AvgIpc) is 3.11. The van der Waals surface area contributed by atoms with Crippen LogP contribution in [0.5, 0.6) is 0 Å². The Morgan fingerprint density at radius 1 is 1.10 bits per heavy atom. The number of para-hydroxylation sites is 1. The van der Waals surface area contributed by atoms with Crippen molar-refractivity contribution in [2.45, 2.75) is 24.6 Å². The number of fused-ring (bicyclic) bond motifs is 1. The molecule has 29 heavy (non-hydrogen) atoms. The zero-order valence-corrected chi connectivity index (χ0v) is 15.3. The minimum absolute atomic E-state index is 0.00876. The Hall–Kier alpha value is -3.07. The lowest BCUT2D eigenvalue weighted by Crippen LogP contribution is -2.47. The van der Waals surface area contributed by atoms with Crippen LogP contribution >= 0.6 is 0 Å². The van der Waals surface area contributed by atoms with E-state index in [4.69, 9.17) is 0 Å². The summed E-state index contributed by atoms with van der Waals surface area (Å²) in [6.45, 7) is 0.244. The van der Waals surface area contributed by atoms with E-state index in [1.54, 1.807) is 0 Å². The average molecular weight is 404 g/mol. The number of nitrogens with one attached hydrogen (secondary N) is 2. The summed E-state index contributed by atoms with van der Waals surface area (Å²) in [4.78, 5) is 14.0. The molecule has 4 rings (SSSR count). The molecule has 0 atom stereocenters. The topological polar surface area (TPSA) is 81.2 Å². The van der Waals surface area contributed by atoms with E-state index >= 15 is 0 Å².